The van der Waals surface area contributed by atoms with Crippen LogP contribution in [0.25, 0.3) is 0 Å². The van der Waals surface area contributed by atoms with E-state index in [4.69, 9.17) is 11.6 Å². The van der Waals surface area contributed by atoms with Crippen molar-refractivity contribution >= 4 is 17.4 Å². The Morgan fingerprint density at radius 3 is 2.83 bits per heavy atom. The van der Waals surface area contributed by atoms with Gasteiger partial charge in [0.05, 0.1) is 0 Å². The zero-order valence-electron chi connectivity index (χ0n) is 6.79. The molecule has 0 radical (unpaired) electrons. The topological polar surface area (TPSA) is 37.8 Å². The minimum atomic E-state index is 0.181. The first-order valence-corrected chi connectivity index (χ1v) is 3.98. The molecule has 0 spiro atoms. The molecule has 0 amide bonds. The lowest BCUT2D eigenvalue weighted by molar-refractivity contribution is 0.945. The summed E-state index contributed by atoms with van der Waals surface area (Å²) in [5.74, 6) is 0.701. The van der Waals surface area contributed by atoms with E-state index in [-0.39, 0.29) is 6.04 Å². The Morgan fingerprint density at radius 2 is 2.33 bits per heavy atom. The van der Waals surface area contributed by atoms with E-state index in [2.05, 4.69) is 22.1 Å². The van der Waals surface area contributed by atoms with Gasteiger partial charge in [0, 0.05) is 6.04 Å². The summed E-state index contributed by atoms with van der Waals surface area (Å²) in [5, 5.41) is 11.0. The molecule has 4 heteroatoms. The van der Waals surface area contributed by atoms with Crippen molar-refractivity contribution < 1.29 is 0 Å². The van der Waals surface area contributed by atoms with E-state index >= 15 is 0 Å². The molecule has 0 bridgehead atoms. The minimum Gasteiger partial charge on any atom is -0.363 e. The van der Waals surface area contributed by atoms with Crippen LogP contribution in [-0.4, -0.2) is 16.2 Å². The second kappa shape index (κ2) is 4.07. The Balaban J connectivity index is 2.64. The lowest BCUT2D eigenvalue weighted by atomic mass is 10.3. The largest absolute Gasteiger partial charge is 0.363 e. The van der Waals surface area contributed by atoms with Crippen molar-refractivity contribution in [3.05, 3.63) is 29.9 Å². The summed E-state index contributed by atoms with van der Waals surface area (Å²) < 4.78 is 0. The molecule has 0 saturated heterocycles. The molecule has 0 aromatic carbocycles. The molecule has 1 aromatic rings. The zero-order valence-corrected chi connectivity index (χ0v) is 7.54. The van der Waals surface area contributed by atoms with Gasteiger partial charge in [-0.1, -0.05) is 17.7 Å². The molecule has 1 N–H and O–H groups in total. The van der Waals surface area contributed by atoms with Gasteiger partial charge in [0.2, 0.25) is 0 Å². The smallest absolute Gasteiger partial charge is 0.151 e. The first-order valence-electron chi connectivity index (χ1n) is 3.60. The Morgan fingerprint density at radius 1 is 1.58 bits per heavy atom. The highest BCUT2D eigenvalue weighted by atomic mass is 35.5. The van der Waals surface area contributed by atoms with Crippen molar-refractivity contribution in [3.63, 3.8) is 0 Å². The molecule has 1 rings (SSSR count). The van der Waals surface area contributed by atoms with Gasteiger partial charge in [0.15, 0.2) is 5.15 Å². The number of aromatic nitrogens is 2. The summed E-state index contributed by atoms with van der Waals surface area (Å²) in [4.78, 5) is 0. The predicted octanol–water partition coefficient (Wildman–Crippen LogP) is 2.12. The lowest BCUT2D eigenvalue weighted by Gasteiger charge is -2.07. The molecule has 64 valence electrons. The van der Waals surface area contributed by atoms with Gasteiger partial charge in [0.25, 0.3) is 0 Å². The molecule has 0 aliphatic rings. The standard InChI is InChI=1S/C8H10ClN3/c1-3-6(2)10-8-5-4-7(9)11-12-8/h3-6H,1H2,2H3,(H,10,12). The van der Waals surface area contributed by atoms with Gasteiger partial charge in [0.1, 0.15) is 5.82 Å². The highest BCUT2D eigenvalue weighted by molar-refractivity contribution is 6.29. The number of nitrogens with zero attached hydrogens (tertiary/aromatic N) is 2. The maximum absolute atomic E-state index is 5.56. The highest BCUT2D eigenvalue weighted by Crippen LogP contribution is 2.07. The maximum Gasteiger partial charge on any atom is 0.151 e. The molecule has 1 heterocycles. The van der Waals surface area contributed by atoms with Gasteiger partial charge >= 0.3 is 0 Å². The summed E-state index contributed by atoms with van der Waals surface area (Å²) >= 11 is 5.56. The zero-order chi connectivity index (χ0) is 8.97. The molecule has 0 fully saturated rings. The third-order valence-corrected chi connectivity index (χ3v) is 1.56. The molecular weight excluding hydrogens is 174 g/mol. The first kappa shape index (κ1) is 9.00. The Labute approximate surface area is 76.5 Å². The Hall–Kier alpha value is -1.09. The van der Waals surface area contributed by atoms with E-state index in [1.807, 2.05) is 6.92 Å². The average Bonchev–Trinajstić information content (AvgIpc) is 2.09. The van der Waals surface area contributed by atoms with Gasteiger partial charge in [-0.15, -0.1) is 16.8 Å². The van der Waals surface area contributed by atoms with Crippen LogP contribution < -0.4 is 5.32 Å². The highest BCUT2D eigenvalue weighted by Gasteiger charge is 1.97. The van der Waals surface area contributed by atoms with Crippen LogP contribution in [-0.2, 0) is 0 Å². The number of nitrogens with one attached hydrogen (secondary N) is 1. The summed E-state index contributed by atoms with van der Waals surface area (Å²) in [6, 6.07) is 3.64. The van der Waals surface area contributed by atoms with E-state index in [0.717, 1.165) is 0 Å². The molecular formula is C8H10ClN3. The number of hydrogen-bond donors (Lipinski definition) is 1. The number of halogens is 1. The van der Waals surface area contributed by atoms with Crippen LogP contribution in [0.4, 0.5) is 5.82 Å². The third kappa shape index (κ3) is 2.51. The lowest BCUT2D eigenvalue weighted by Crippen LogP contribution is -2.12. The SMILES string of the molecule is C=CC(C)Nc1ccc(Cl)nn1. The van der Waals surface area contributed by atoms with Crippen molar-refractivity contribution in [1.29, 1.82) is 0 Å². The van der Waals surface area contributed by atoms with Crippen LogP contribution in [0.1, 0.15) is 6.92 Å². The number of rotatable bonds is 3. The Bertz CT molecular complexity index is 258. The third-order valence-electron chi connectivity index (χ3n) is 1.36. The second-order valence-corrected chi connectivity index (χ2v) is 2.80. The van der Waals surface area contributed by atoms with Crippen LogP contribution >= 0.6 is 11.6 Å². The van der Waals surface area contributed by atoms with Crippen molar-refractivity contribution in [2.75, 3.05) is 5.32 Å². The van der Waals surface area contributed by atoms with Crippen molar-refractivity contribution in [1.82, 2.24) is 10.2 Å². The van der Waals surface area contributed by atoms with Crippen LogP contribution in [0.3, 0.4) is 0 Å². The van der Waals surface area contributed by atoms with Crippen molar-refractivity contribution in [2.24, 2.45) is 0 Å². The maximum atomic E-state index is 5.56. The second-order valence-electron chi connectivity index (χ2n) is 2.41. The van der Waals surface area contributed by atoms with Gasteiger partial charge < -0.3 is 5.32 Å². The van der Waals surface area contributed by atoms with Gasteiger partial charge in [-0.3, -0.25) is 0 Å². The predicted molar refractivity (Wildman–Crippen MR) is 50.3 cm³/mol. The molecule has 3 nitrogen and oxygen atoms in total. The summed E-state index contributed by atoms with van der Waals surface area (Å²) in [6.07, 6.45) is 1.79. The van der Waals surface area contributed by atoms with Crippen molar-refractivity contribution in [3.8, 4) is 0 Å². The molecule has 0 aliphatic carbocycles. The molecule has 12 heavy (non-hydrogen) atoms. The molecule has 1 aromatic heterocycles. The number of anilines is 1. The van der Waals surface area contributed by atoms with Gasteiger partial charge in [-0.25, -0.2) is 0 Å². The van der Waals surface area contributed by atoms with Crippen LogP contribution in [0, 0.1) is 0 Å². The van der Waals surface area contributed by atoms with E-state index in [0.29, 0.717) is 11.0 Å². The molecule has 0 aliphatic heterocycles. The van der Waals surface area contributed by atoms with E-state index in [1.54, 1.807) is 18.2 Å². The summed E-state index contributed by atoms with van der Waals surface area (Å²) in [6.45, 7) is 5.61. The average molecular weight is 184 g/mol. The van der Waals surface area contributed by atoms with Crippen molar-refractivity contribution in [2.45, 2.75) is 13.0 Å². The number of hydrogen-bond acceptors (Lipinski definition) is 3. The monoisotopic (exact) mass is 183 g/mol. The fraction of sp³-hybridized carbons (Fsp3) is 0.250. The first-order chi connectivity index (χ1) is 5.72. The molecule has 1 unspecified atom stereocenters. The van der Waals surface area contributed by atoms with Crippen LogP contribution in [0.2, 0.25) is 5.15 Å². The normalized spacial score (nSPS) is 12.2. The van der Waals surface area contributed by atoms with Crippen LogP contribution in [0.15, 0.2) is 24.8 Å². The summed E-state index contributed by atoms with van der Waals surface area (Å²) in [5.41, 5.74) is 0. The van der Waals surface area contributed by atoms with Crippen LogP contribution in [0.5, 0.6) is 0 Å². The van der Waals surface area contributed by atoms with Gasteiger partial charge in [-0.05, 0) is 19.1 Å². The molecule has 1 atom stereocenters. The molecule has 0 saturated carbocycles. The minimum absolute atomic E-state index is 0.181. The van der Waals surface area contributed by atoms with E-state index in [1.165, 1.54) is 0 Å². The fourth-order valence-electron chi connectivity index (χ4n) is 0.685. The van der Waals surface area contributed by atoms with E-state index in [9.17, 15) is 0 Å². The van der Waals surface area contributed by atoms with Gasteiger partial charge in [-0.2, -0.15) is 0 Å². The fourth-order valence-corrected chi connectivity index (χ4v) is 0.786. The summed E-state index contributed by atoms with van der Waals surface area (Å²) in [7, 11) is 0. The Kier molecular flexibility index (Phi) is 3.05. The van der Waals surface area contributed by atoms with E-state index < -0.39 is 0 Å². The quantitative estimate of drug-likeness (QED) is 0.730.